The predicted molar refractivity (Wildman–Crippen MR) is 85.2 cm³/mol. The number of nitrogens with two attached hydrogens (primary N) is 1. The third kappa shape index (κ3) is 3.36. The molecule has 0 amide bonds. The van der Waals surface area contributed by atoms with E-state index >= 15 is 0 Å². The Kier molecular flexibility index (Phi) is 4.25. The van der Waals surface area contributed by atoms with E-state index in [4.69, 9.17) is 5.73 Å². The van der Waals surface area contributed by atoms with E-state index in [1.165, 1.54) is 24.3 Å². The molecule has 0 unspecified atom stereocenters. The van der Waals surface area contributed by atoms with E-state index in [1.54, 1.807) is 19.9 Å². The Hall–Kier alpha value is -1.60. The largest absolute Gasteiger partial charge is 0.399 e. The number of halogens is 2. The van der Waals surface area contributed by atoms with E-state index < -0.39 is 15.8 Å². The lowest BCUT2D eigenvalue weighted by Crippen LogP contribution is -2.15. The molecule has 0 fully saturated rings. The van der Waals surface area contributed by atoms with Crippen molar-refractivity contribution in [2.24, 2.45) is 0 Å². The Bertz CT molecular complexity index is 807. The predicted octanol–water partition coefficient (Wildman–Crippen LogP) is 3.59. The lowest BCUT2D eigenvalue weighted by Gasteiger charge is -2.13. The molecule has 4 nitrogen and oxygen atoms in total. The Labute approximate surface area is 131 Å². The van der Waals surface area contributed by atoms with E-state index in [0.29, 0.717) is 11.3 Å². The zero-order valence-electron chi connectivity index (χ0n) is 11.4. The highest BCUT2D eigenvalue weighted by Gasteiger charge is 2.19. The third-order valence-corrected chi connectivity index (χ3v) is 5.22. The summed E-state index contributed by atoms with van der Waals surface area (Å²) in [5.41, 5.74) is 7.76. The molecular formula is C14H14BrFN2O2S. The number of sulfonamides is 1. The number of anilines is 2. The molecule has 0 aliphatic heterocycles. The first-order valence-electron chi connectivity index (χ1n) is 6.05. The molecule has 2 aromatic rings. The minimum absolute atomic E-state index is 0.112. The van der Waals surface area contributed by atoms with Gasteiger partial charge in [-0.25, -0.2) is 12.8 Å². The van der Waals surface area contributed by atoms with Crippen LogP contribution in [0.4, 0.5) is 15.8 Å². The summed E-state index contributed by atoms with van der Waals surface area (Å²) in [5, 5.41) is 0. The Balaban J connectivity index is 2.45. The first kappa shape index (κ1) is 15.8. The standard InChI is InChI=1S/C14H14BrFN2O2S/c1-8-5-10(17)6-14(9(8)2)21(19,20)18-11-3-4-13(16)12(15)7-11/h3-7,18H,17H2,1-2H3. The van der Waals surface area contributed by atoms with Crippen molar-refractivity contribution in [3.8, 4) is 0 Å². The maximum absolute atomic E-state index is 13.2. The first-order chi connectivity index (χ1) is 9.70. The van der Waals surface area contributed by atoms with Crippen molar-refractivity contribution in [3.63, 3.8) is 0 Å². The molecule has 2 rings (SSSR count). The zero-order valence-corrected chi connectivity index (χ0v) is 13.8. The summed E-state index contributed by atoms with van der Waals surface area (Å²) in [7, 11) is -3.79. The summed E-state index contributed by atoms with van der Waals surface area (Å²) in [5.74, 6) is -0.464. The number of hydrogen-bond donors (Lipinski definition) is 2. The SMILES string of the molecule is Cc1cc(N)cc(S(=O)(=O)Nc2ccc(F)c(Br)c2)c1C. The molecule has 0 saturated carbocycles. The lowest BCUT2D eigenvalue weighted by molar-refractivity contribution is 0.600. The molecule has 0 spiro atoms. The lowest BCUT2D eigenvalue weighted by atomic mass is 10.1. The van der Waals surface area contributed by atoms with Crippen LogP contribution in [0.5, 0.6) is 0 Å². The second-order valence-corrected chi connectivity index (χ2v) is 7.20. The maximum atomic E-state index is 13.2. The monoisotopic (exact) mass is 372 g/mol. The number of nitrogen functional groups attached to an aromatic ring is 1. The number of nitrogens with one attached hydrogen (secondary N) is 1. The quantitative estimate of drug-likeness (QED) is 0.808. The summed E-state index contributed by atoms with van der Waals surface area (Å²) in [6.45, 7) is 3.50. The van der Waals surface area contributed by atoms with Gasteiger partial charge in [0.2, 0.25) is 0 Å². The molecule has 112 valence electrons. The van der Waals surface area contributed by atoms with Gasteiger partial charge in [0.25, 0.3) is 10.0 Å². The summed E-state index contributed by atoms with van der Waals surface area (Å²) in [4.78, 5) is 0.112. The van der Waals surface area contributed by atoms with Crippen LogP contribution in [0.3, 0.4) is 0 Å². The van der Waals surface area contributed by atoms with Crippen LogP contribution in [0.2, 0.25) is 0 Å². The Morgan fingerprint density at radius 1 is 1.19 bits per heavy atom. The van der Waals surface area contributed by atoms with Gasteiger partial charge in [0.15, 0.2) is 0 Å². The molecule has 0 bridgehead atoms. The smallest absolute Gasteiger partial charge is 0.262 e. The zero-order chi connectivity index (χ0) is 15.8. The van der Waals surface area contributed by atoms with E-state index in [0.717, 1.165) is 5.56 Å². The van der Waals surface area contributed by atoms with Gasteiger partial charge in [0, 0.05) is 5.69 Å². The highest BCUT2D eigenvalue weighted by Crippen LogP contribution is 2.26. The van der Waals surface area contributed by atoms with E-state index in [9.17, 15) is 12.8 Å². The molecular weight excluding hydrogens is 359 g/mol. The minimum Gasteiger partial charge on any atom is -0.399 e. The first-order valence-corrected chi connectivity index (χ1v) is 8.33. The fourth-order valence-electron chi connectivity index (χ4n) is 1.90. The van der Waals surface area contributed by atoms with Crippen LogP contribution in [-0.4, -0.2) is 8.42 Å². The Morgan fingerprint density at radius 2 is 1.86 bits per heavy atom. The number of benzene rings is 2. The van der Waals surface area contributed by atoms with Gasteiger partial charge in [-0.3, -0.25) is 4.72 Å². The Morgan fingerprint density at radius 3 is 2.48 bits per heavy atom. The van der Waals surface area contributed by atoms with Crippen molar-refractivity contribution in [3.05, 3.63) is 51.7 Å². The molecule has 3 N–H and O–H groups in total. The topological polar surface area (TPSA) is 72.2 Å². The van der Waals surface area contributed by atoms with Crippen molar-refractivity contribution >= 4 is 37.3 Å². The van der Waals surface area contributed by atoms with E-state index in [1.807, 2.05) is 0 Å². The van der Waals surface area contributed by atoms with E-state index in [-0.39, 0.29) is 15.1 Å². The van der Waals surface area contributed by atoms with Crippen molar-refractivity contribution in [1.29, 1.82) is 0 Å². The number of rotatable bonds is 3. The van der Waals surface area contributed by atoms with Gasteiger partial charge < -0.3 is 5.73 Å². The van der Waals surface area contributed by atoms with Gasteiger partial charge in [-0.15, -0.1) is 0 Å². The summed E-state index contributed by atoms with van der Waals surface area (Å²) < 4.78 is 40.7. The van der Waals surface area contributed by atoms with Crippen molar-refractivity contribution < 1.29 is 12.8 Å². The summed E-state index contributed by atoms with van der Waals surface area (Å²) >= 11 is 3.02. The molecule has 7 heteroatoms. The highest BCUT2D eigenvalue weighted by atomic mass is 79.9. The normalized spacial score (nSPS) is 11.4. The fourth-order valence-corrected chi connectivity index (χ4v) is 3.68. The second-order valence-electron chi connectivity index (χ2n) is 4.70. The average Bonchev–Trinajstić information content (AvgIpc) is 2.37. The van der Waals surface area contributed by atoms with Crippen LogP contribution in [0, 0.1) is 19.7 Å². The molecule has 0 aliphatic rings. The van der Waals surface area contributed by atoms with Crippen molar-refractivity contribution in [2.45, 2.75) is 18.7 Å². The molecule has 0 saturated heterocycles. The molecule has 0 heterocycles. The van der Waals surface area contributed by atoms with Crippen LogP contribution in [0.15, 0.2) is 39.7 Å². The molecule has 21 heavy (non-hydrogen) atoms. The van der Waals surface area contributed by atoms with Crippen LogP contribution in [0.1, 0.15) is 11.1 Å². The highest BCUT2D eigenvalue weighted by molar-refractivity contribution is 9.10. The number of hydrogen-bond acceptors (Lipinski definition) is 3. The van der Waals surface area contributed by atoms with Gasteiger partial charge in [-0.2, -0.15) is 0 Å². The maximum Gasteiger partial charge on any atom is 0.262 e. The molecule has 0 radical (unpaired) electrons. The van der Waals surface area contributed by atoms with Crippen molar-refractivity contribution in [1.82, 2.24) is 0 Å². The molecule has 0 aromatic heterocycles. The third-order valence-electron chi connectivity index (χ3n) is 3.10. The van der Waals surface area contributed by atoms with Crippen LogP contribution in [-0.2, 0) is 10.0 Å². The van der Waals surface area contributed by atoms with Crippen LogP contribution in [0.25, 0.3) is 0 Å². The average molecular weight is 373 g/mol. The summed E-state index contributed by atoms with van der Waals surface area (Å²) in [6.07, 6.45) is 0. The van der Waals surface area contributed by atoms with Gasteiger partial charge in [0.05, 0.1) is 15.1 Å². The minimum atomic E-state index is -3.79. The summed E-state index contributed by atoms with van der Waals surface area (Å²) in [6, 6.07) is 7.01. The fraction of sp³-hybridized carbons (Fsp3) is 0.143. The van der Waals surface area contributed by atoms with Crippen LogP contribution < -0.4 is 10.5 Å². The second kappa shape index (κ2) is 5.65. The van der Waals surface area contributed by atoms with Gasteiger partial charge in [-0.1, -0.05) is 0 Å². The molecule has 0 atom stereocenters. The molecule has 2 aromatic carbocycles. The molecule has 0 aliphatic carbocycles. The van der Waals surface area contributed by atoms with E-state index in [2.05, 4.69) is 20.7 Å². The van der Waals surface area contributed by atoms with Gasteiger partial charge in [0.1, 0.15) is 5.82 Å². The van der Waals surface area contributed by atoms with Crippen LogP contribution >= 0.6 is 15.9 Å². The van der Waals surface area contributed by atoms with Gasteiger partial charge in [-0.05, 0) is 71.2 Å². The van der Waals surface area contributed by atoms with Gasteiger partial charge >= 0.3 is 0 Å². The van der Waals surface area contributed by atoms with Crippen molar-refractivity contribution in [2.75, 3.05) is 10.5 Å². The number of aryl methyl sites for hydroxylation is 1.